The van der Waals surface area contributed by atoms with Gasteiger partial charge < -0.3 is 19.5 Å². The van der Waals surface area contributed by atoms with Crippen LogP contribution in [0.3, 0.4) is 0 Å². The molecule has 0 radical (unpaired) electrons. The molecule has 4 aromatic rings. The zero-order valence-corrected chi connectivity index (χ0v) is 22.9. The normalized spacial score (nSPS) is 11.8. The summed E-state index contributed by atoms with van der Waals surface area (Å²) in [5, 5.41) is 7.29. The van der Waals surface area contributed by atoms with Crippen LogP contribution in [0.5, 0.6) is 17.2 Å². The van der Waals surface area contributed by atoms with E-state index >= 15 is 0 Å². The van der Waals surface area contributed by atoms with Crippen molar-refractivity contribution in [1.29, 1.82) is 0 Å². The van der Waals surface area contributed by atoms with E-state index in [1.165, 1.54) is 12.3 Å². The number of hydrogen-bond acceptors (Lipinski definition) is 7. The summed E-state index contributed by atoms with van der Waals surface area (Å²) in [4.78, 5) is 38.0. The van der Waals surface area contributed by atoms with Crippen LogP contribution in [0.2, 0.25) is 5.02 Å². The van der Waals surface area contributed by atoms with Crippen molar-refractivity contribution in [2.75, 3.05) is 12.1 Å². The molecule has 11 heteroatoms. The molecule has 1 heterocycles. The van der Waals surface area contributed by atoms with Gasteiger partial charge in [-0.15, -0.1) is 0 Å². The van der Waals surface area contributed by atoms with Crippen molar-refractivity contribution in [3.63, 3.8) is 0 Å². The lowest BCUT2D eigenvalue weighted by atomic mass is 10.1. The third kappa shape index (κ3) is 6.48. The Labute approximate surface area is 241 Å². The number of esters is 1. The lowest BCUT2D eigenvalue weighted by Gasteiger charge is -2.09. The van der Waals surface area contributed by atoms with Crippen LogP contribution in [0, 0.1) is 0 Å². The van der Waals surface area contributed by atoms with Crippen molar-refractivity contribution in [3.05, 3.63) is 117 Å². The fourth-order valence-corrected chi connectivity index (χ4v) is 4.17. The summed E-state index contributed by atoms with van der Waals surface area (Å²) in [6.07, 6.45) is 1.36. The largest absolute Gasteiger partial charge is 0.454 e. The number of carbonyl (C=O) groups excluding carboxylic acids is 3. The van der Waals surface area contributed by atoms with Crippen molar-refractivity contribution in [3.8, 4) is 17.2 Å². The van der Waals surface area contributed by atoms with Gasteiger partial charge >= 0.3 is 5.97 Å². The van der Waals surface area contributed by atoms with E-state index in [2.05, 4.69) is 31.8 Å². The molecular formula is C29H19BrClN3O6. The van der Waals surface area contributed by atoms with Crippen LogP contribution >= 0.6 is 27.5 Å². The lowest BCUT2D eigenvalue weighted by Crippen LogP contribution is -2.18. The number of fused-ring (bicyclic) bond motifs is 1. The minimum atomic E-state index is -0.600. The standard InChI is InChI=1S/C29H19BrClN3O6/c30-21-7-11-24(40-29(37)19-6-10-25-26(14-19)39-16-38-25)20(12-21)15-32-34-28(36)18-2-1-3-23(13-18)33-27(35)17-4-8-22(31)9-5-17/h1-15H,16H2,(H,33,35)(H,34,36). The third-order valence-electron chi connectivity index (χ3n) is 5.64. The molecule has 1 aliphatic heterocycles. The number of rotatable bonds is 7. The summed E-state index contributed by atoms with van der Waals surface area (Å²) in [5.41, 5.74) is 4.29. The maximum Gasteiger partial charge on any atom is 0.343 e. The summed E-state index contributed by atoms with van der Waals surface area (Å²) in [7, 11) is 0. The first-order valence-corrected chi connectivity index (χ1v) is 12.9. The van der Waals surface area contributed by atoms with E-state index in [0.29, 0.717) is 37.8 Å². The molecule has 4 aromatic carbocycles. The van der Waals surface area contributed by atoms with E-state index in [9.17, 15) is 14.4 Å². The Morgan fingerprint density at radius 3 is 2.45 bits per heavy atom. The Balaban J connectivity index is 1.24. The highest BCUT2D eigenvalue weighted by Gasteiger charge is 2.18. The first-order chi connectivity index (χ1) is 19.4. The molecule has 200 valence electrons. The summed E-state index contributed by atoms with van der Waals surface area (Å²) in [5.74, 6) is -0.202. The second kappa shape index (κ2) is 12.0. The van der Waals surface area contributed by atoms with E-state index in [1.54, 1.807) is 78.9 Å². The van der Waals surface area contributed by atoms with Gasteiger partial charge in [0.05, 0.1) is 11.8 Å². The smallest absolute Gasteiger partial charge is 0.343 e. The van der Waals surface area contributed by atoms with Crippen LogP contribution in [0.25, 0.3) is 0 Å². The third-order valence-corrected chi connectivity index (χ3v) is 6.39. The molecule has 0 atom stereocenters. The average Bonchev–Trinajstić information content (AvgIpc) is 3.43. The predicted molar refractivity (Wildman–Crippen MR) is 153 cm³/mol. The Kier molecular flexibility index (Phi) is 8.09. The predicted octanol–water partition coefficient (Wildman–Crippen LogP) is 6.07. The van der Waals surface area contributed by atoms with Gasteiger partial charge in [-0.25, -0.2) is 10.2 Å². The summed E-state index contributed by atoms with van der Waals surface area (Å²) < 4.78 is 16.9. The number of hydrazone groups is 1. The average molecular weight is 621 g/mol. The summed E-state index contributed by atoms with van der Waals surface area (Å²) in [6.45, 7) is 0.0925. The molecule has 0 aromatic heterocycles. The summed E-state index contributed by atoms with van der Waals surface area (Å²) in [6, 6.07) is 22.6. The van der Waals surface area contributed by atoms with Gasteiger partial charge in [-0.3, -0.25) is 9.59 Å². The quantitative estimate of drug-likeness (QED) is 0.112. The zero-order valence-electron chi connectivity index (χ0n) is 20.5. The molecule has 0 saturated carbocycles. The topological polar surface area (TPSA) is 115 Å². The molecule has 5 rings (SSSR count). The van der Waals surface area contributed by atoms with Crippen LogP contribution in [0.15, 0.2) is 94.5 Å². The van der Waals surface area contributed by atoms with E-state index in [0.717, 1.165) is 0 Å². The number of nitrogens with zero attached hydrogens (tertiary/aromatic N) is 1. The lowest BCUT2D eigenvalue weighted by molar-refractivity contribution is 0.0733. The van der Waals surface area contributed by atoms with Gasteiger partial charge in [-0.2, -0.15) is 5.10 Å². The summed E-state index contributed by atoms with van der Waals surface area (Å²) >= 11 is 9.26. The minimum Gasteiger partial charge on any atom is -0.454 e. The fraction of sp³-hybridized carbons (Fsp3) is 0.0345. The van der Waals surface area contributed by atoms with Crippen molar-refractivity contribution in [2.45, 2.75) is 0 Å². The molecule has 1 aliphatic rings. The van der Waals surface area contributed by atoms with Crippen molar-refractivity contribution in [2.24, 2.45) is 5.10 Å². The number of amides is 2. The molecule has 0 spiro atoms. The van der Waals surface area contributed by atoms with E-state index < -0.39 is 11.9 Å². The van der Waals surface area contributed by atoms with Crippen molar-refractivity contribution in [1.82, 2.24) is 5.43 Å². The minimum absolute atomic E-state index is 0.0925. The monoisotopic (exact) mass is 619 g/mol. The number of hydrogen-bond donors (Lipinski definition) is 2. The van der Waals surface area contributed by atoms with Crippen LogP contribution in [0.4, 0.5) is 5.69 Å². The highest BCUT2D eigenvalue weighted by atomic mass is 79.9. The molecule has 0 fully saturated rings. The molecule has 0 saturated heterocycles. The van der Waals surface area contributed by atoms with Gasteiger partial charge in [0.1, 0.15) is 5.75 Å². The highest BCUT2D eigenvalue weighted by Crippen LogP contribution is 2.33. The Bertz CT molecular complexity index is 1640. The van der Waals surface area contributed by atoms with Crippen molar-refractivity contribution < 1.29 is 28.6 Å². The zero-order chi connectivity index (χ0) is 28.1. The maximum absolute atomic E-state index is 12.8. The fourth-order valence-electron chi connectivity index (χ4n) is 3.66. The number of anilines is 1. The van der Waals surface area contributed by atoms with Crippen LogP contribution in [0.1, 0.15) is 36.6 Å². The van der Waals surface area contributed by atoms with Gasteiger partial charge in [0, 0.05) is 31.9 Å². The van der Waals surface area contributed by atoms with Gasteiger partial charge in [-0.05, 0) is 78.9 Å². The molecule has 9 nitrogen and oxygen atoms in total. The van der Waals surface area contributed by atoms with Gasteiger partial charge in [0.15, 0.2) is 11.5 Å². The second-order valence-electron chi connectivity index (χ2n) is 8.38. The number of carbonyl (C=O) groups is 3. The Morgan fingerprint density at radius 1 is 0.850 bits per heavy atom. The molecule has 0 bridgehead atoms. The van der Waals surface area contributed by atoms with Gasteiger partial charge in [0.25, 0.3) is 11.8 Å². The molecule has 40 heavy (non-hydrogen) atoms. The van der Waals surface area contributed by atoms with Gasteiger partial charge in [0.2, 0.25) is 6.79 Å². The first kappa shape index (κ1) is 26.9. The SMILES string of the molecule is O=C(NN=Cc1cc(Br)ccc1OC(=O)c1ccc2c(c1)OCO2)c1cccc(NC(=O)c2ccc(Cl)cc2)c1. The number of benzene rings is 4. The number of nitrogens with one attached hydrogen (secondary N) is 2. The Hall–Kier alpha value is -4.67. The maximum atomic E-state index is 12.8. The van der Waals surface area contributed by atoms with E-state index in [4.69, 9.17) is 25.8 Å². The highest BCUT2D eigenvalue weighted by molar-refractivity contribution is 9.10. The van der Waals surface area contributed by atoms with E-state index in [1.807, 2.05) is 0 Å². The molecular weight excluding hydrogens is 602 g/mol. The second-order valence-corrected chi connectivity index (χ2v) is 9.73. The molecule has 0 unspecified atom stereocenters. The van der Waals surface area contributed by atoms with Crippen LogP contribution in [-0.4, -0.2) is 30.8 Å². The number of halogens is 2. The van der Waals surface area contributed by atoms with Crippen molar-refractivity contribution >= 4 is 57.2 Å². The molecule has 2 amide bonds. The Morgan fingerprint density at radius 2 is 1.62 bits per heavy atom. The molecule has 0 aliphatic carbocycles. The van der Waals surface area contributed by atoms with Crippen LogP contribution in [-0.2, 0) is 0 Å². The first-order valence-electron chi connectivity index (χ1n) is 11.8. The van der Waals surface area contributed by atoms with E-state index in [-0.39, 0.29) is 29.6 Å². The number of ether oxygens (including phenoxy) is 3. The van der Waals surface area contributed by atoms with Crippen LogP contribution < -0.4 is 25.0 Å². The van der Waals surface area contributed by atoms with Gasteiger partial charge in [-0.1, -0.05) is 33.6 Å². The molecule has 2 N–H and O–H groups in total.